The molecule has 172 valence electrons. The van der Waals surface area contributed by atoms with E-state index < -0.39 is 17.4 Å². The first-order chi connectivity index (χ1) is 15.9. The van der Waals surface area contributed by atoms with E-state index in [1.165, 1.54) is 11.6 Å². The molecule has 2 aromatic carbocycles. The molecule has 0 bridgehead atoms. The summed E-state index contributed by atoms with van der Waals surface area (Å²) in [6, 6.07) is 16.3. The zero-order chi connectivity index (χ0) is 23.5. The van der Waals surface area contributed by atoms with E-state index in [1.807, 2.05) is 30.3 Å². The summed E-state index contributed by atoms with van der Waals surface area (Å²) in [5.41, 5.74) is 0.211. The maximum Gasteiger partial charge on any atom is 0.332 e. The molecule has 0 aliphatic carbocycles. The highest BCUT2D eigenvalue weighted by atomic mass is 16.5. The van der Waals surface area contributed by atoms with Crippen LogP contribution < -0.4 is 26.0 Å². The Hall–Kier alpha value is -4.05. The molecule has 0 spiro atoms. The number of rotatable bonds is 8. The number of benzene rings is 2. The van der Waals surface area contributed by atoms with Gasteiger partial charge in [0.25, 0.3) is 5.56 Å². The molecule has 0 fully saturated rings. The van der Waals surface area contributed by atoms with Crippen molar-refractivity contribution in [2.45, 2.75) is 12.6 Å². The van der Waals surface area contributed by atoms with Crippen LogP contribution in [0.5, 0.6) is 11.5 Å². The summed E-state index contributed by atoms with van der Waals surface area (Å²) in [5, 5.41) is 13.9. The minimum absolute atomic E-state index is 0.0111. The van der Waals surface area contributed by atoms with E-state index in [0.717, 1.165) is 10.3 Å². The average molecular weight is 451 g/mol. The molecule has 33 heavy (non-hydrogen) atoms. The minimum Gasteiger partial charge on any atom is -0.497 e. The van der Waals surface area contributed by atoms with Crippen molar-refractivity contribution in [1.29, 1.82) is 0 Å². The van der Waals surface area contributed by atoms with Crippen LogP contribution in [0.25, 0.3) is 11.2 Å². The summed E-state index contributed by atoms with van der Waals surface area (Å²) < 4.78 is 14.7. The summed E-state index contributed by atoms with van der Waals surface area (Å²) in [7, 11) is 4.54. The summed E-state index contributed by atoms with van der Waals surface area (Å²) >= 11 is 0. The molecule has 2 heterocycles. The number of para-hydroxylation sites is 1. The van der Waals surface area contributed by atoms with Gasteiger partial charge in [-0.15, -0.1) is 0 Å². The Morgan fingerprint density at radius 3 is 2.33 bits per heavy atom. The Morgan fingerprint density at radius 2 is 1.67 bits per heavy atom. The van der Waals surface area contributed by atoms with Crippen LogP contribution in [0.15, 0.2) is 64.2 Å². The number of anilines is 2. The second-order valence-electron chi connectivity index (χ2n) is 7.56. The number of fused-ring (bicyclic) bond motifs is 1. The zero-order valence-electron chi connectivity index (χ0n) is 18.6. The highest BCUT2D eigenvalue weighted by Gasteiger charge is 2.21. The van der Waals surface area contributed by atoms with E-state index in [0.29, 0.717) is 17.4 Å². The number of nitrogens with zero attached hydrogens (tertiary/aromatic N) is 4. The van der Waals surface area contributed by atoms with E-state index >= 15 is 0 Å². The second kappa shape index (κ2) is 9.21. The first kappa shape index (κ1) is 22.2. The quantitative estimate of drug-likeness (QED) is 0.419. The zero-order valence-corrected chi connectivity index (χ0v) is 18.6. The number of aliphatic hydroxyl groups excluding tert-OH is 1. The molecular weight excluding hydrogens is 426 g/mol. The van der Waals surface area contributed by atoms with Gasteiger partial charge in [-0.25, -0.2) is 4.79 Å². The fourth-order valence-electron chi connectivity index (χ4n) is 3.50. The number of methoxy groups -OCH3 is 1. The molecule has 0 radical (unpaired) electrons. The Labute approximate surface area is 189 Å². The summed E-state index contributed by atoms with van der Waals surface area (Å²) in [5.74, 6) is 1.61. The van der Waals surface area contributed by atoms with Crippen LogP contribution >= 0.6 is 0 Å². The van der Waals surface area contributed by atoms with Crippen LogP contribution in [0, 0.1) is 0 Å². The molecule has 0 saturated heterocycles. The largest absolute Gasteiger partial charge is 0.497 e. The molecule has 0 saturated carbocycles. The fourth-order valence-corrected chi connectivity index (χ4v) is 3.50. The van der Waals surface area contributed by atoms with Crippen LogP contribution in [0.4, 0.5) is 11.6 Å². The topological polar surface area (TPSA) is 113 Å². The molecule has 0 unspecified atom stereocenters. The van der Waals surface area contributed by atoms with E-state index in [9.17, 15) is 14.7 Å². The highest BCUT2D eigenvalue weighted by molar-refractivity contribution is 5.75. The molecule has 2 N–H and O–H groups in total. The Morgan fingerprint density at radius 1 is 1.00 bits per heavy atom. The SMILES string of the molecule is COc1ccc(OC[C@H](O)Cn2c(Nc3ccccc3)nc3c2c(=O)n(C)c(=O)n3C)cc1. The lowest BCUT2D eigenvalue weighted by molar-refractivity contribution is 0.0938. The molecule has 10 nitrogen and oxygen atoms in total. The number of imidazole rings is 1. The Bertz CT molecular complexity index is 1370. The molecular formula is C23H25N5O5. The summed E-state index contributed by atoms with van der Waals surface area (Å²) in [6.07, 6.45) is -0.956. The van der Waals surface area contributed by atoms with Gasteiger partial charge in [-0.3, -0.25) is 13.9 Å². The number of nitrogens with one attached hydrogen (secondary N) is 1. The van der Waals surface area contributed by atoms with Gasteiger partial charge in [-0.1, -0.05) is 18.2 Å². The number of ether oxygens (including phenoxy) is 2. The second-order valence-corrected chi connectivity index (χ2v) is 7.56. The van der Waals surface area contributed by atoms with Crippen LogP contribution in [0.1, 0.15) is 0 Å². The monoisotopic (exact) mass is 451 g/mol. The number of hydrogen-bond donors (Lipinski definition) is 2. The smallest absolute Gasteiger partial charge is 0.332 e. The van der Waals surface area contributed by atoms with Crippen LogP contribution in [-0.2, 0) is 20.6 Å². The van der Waals surface area contributed by atoms with Gasteiger partial charge >= 0.3 is 5.69 Å². The third-order valence-electron chi connectivity index (χ3n) is 5.27. The van der Waals surface area contributed by atoms with Crippen LogP contribution in [0.2, 0.25) is 0 Å². The van der Waals surface area contributed by atoms with E-state index in [2.05, 4.69) is 10.3 Å². The van der Waals surface area contributed by atoms with E-state index in [4.69, 9.17) is 9.47 Å². The van der Waals surface area contributed by atoms with Gasteiger partial charge in [-0.05, 0) is 36.4 Å². The first-order valence-corrected chi connectivity index (χ1v) is 10.3. The maximum absolute atomic E-state index is 12.9. The lowest BCUT2D eigenvalue weighted by Gasteiger charge is -2.16. The third-order valence-corrected chi connectivity index (χ3v) is 5.27. The molecule has 10 heteroatoms. The van der Waals surface area contributed by atoms with Crippen molar-refractivity contribution in [1.82, 2.24) is 18.7 Å². The number of hydrogen-bond acceptors (Lipinski definition) is 7. The lowest BCUT2D eigenvalue weighted by Crippen LogP contribution is -2.38. The van der Waals surface area contributed by atoms with Crippen LogP contribution in [-0.4, -0.2) is 43.6 Å². The van der Waals surface area contributed by atoms with Gasteiger partial charge in [0, 0.05) is 19.8 Å². The number of aryl methyl sites for hydroxylation is 1. The van der Waals surface area contributed by atoms with Gasteiger partial charge in [-0.2, -0.15) is 4.98 Å². The third kappa shape index (κ3) is 4.46. The van der Waals surface area contributed by atoms with Crippen molar-refractivity contribution in [2.75, 3.05) is 19.0 Å². The number of aromatic nitrogens is 4. The van der Waals surface area contributed by atoms with Gasteiger partial charge in [0.2, 0.25) is 5.95 Å². The average Bonchev–Trinajstić information content (AvgIpc) is 3.18. The number of aliphatic hydroxyl groups is 1. The van der Waals surface area contributed by atoms with Gasteiger partial charge < -0.3 is 24.5 Å². The summed E-state index contributed by atoms with van der Waals surface area (Å²) in [4.78, 5) is 29.8. The predicted octanol–water partition coefficient (Wildman–Crippen LogP) is 1.63. The maximum atomic E-state index is 12.9. The van der Waals surface area contributed by atoms with Gasteiger partial charge in [0.15, 0.2) is 11.2 Å². The predicted molar refractivity (Wildman–Crippen MR) is 124 cm³/mol. The van der Waals surface area contributed by atoms with E-state index in [1.54, 1.807) is 43.0 Å². The molecule has 1 atom stereocenters. The molecule has 2 aromatic heterocycles. The van der Waals surface area contributed by atoms with Crippen LogP contribution in [0.3, 0.4) is 0 Å². The van der Waals surface area contributed by atoms with E-state index in [-0.39, 0.29) is 24.3 Å². The molecule has 0 amide bonds. The molecule has 4 rings (SSSR count). The minimum atomic E-state index is -0.956. The molecule has 0 aliphatic rings. The molecule has 4 aromatic rings. The van der Waals surface area contributed by atoms with Crippen molar-refractivity contribution < 1.29 is 14.6 Å². The highest BCUT2D eigenvalue weighted by Crippen LogP contribution is 2.21. The molecule has 0 aliphatic heterocycles. The lowest BCUT2D eigenvalue weighted by atomic mass is 10.3. The fraction of sp³-hybridized carbons (Fsp3) is 0.261. The Balaban J connectivity index is 1.67. The van der Waals surface area contributed by atoms with Crippen molar-refractivity contribution in [3.63, 3.8) is 0 Å². The standard InChI is InChI=1S/C23H25N5O5/c1-26-20-19(21(30)27(2)23(26)31)28(22(25-20)24-15-7-5-4-6-8-15)13-16(29)14-33-18-11-9-17(32-3)10-12-18/h4-12,16,29H,13-14H2,1-3H3,(H,24,25)/t16-/m1/s1. The Kier molecular flexibility index (Phi) is 6.18. The summed E-state index contributed by atoms with van der Waals surface area (Å²) in [6.45, 7) is 0.0120. The van der Waals surface area contributed by atoms with Crippen molar-refractivity contribution >= 4 is 22.8 Å². The van der Waals surface area contributed by atoms with Crippen molar-refractivity contribution in [3.05, 3.63) is 75.4 Å². The van der Waals surface area contributed by atoms with Crippen molar-refractivity contribution in [2.24, 2.45) is 14.1 Å². The van der Waals surface area contributed by atoms with Crippen molar-refractivity contribution in [3.8, 4) is 11.5 Å². The first-order valence-electron chi connectivity index (χ1n) is 10.3. The van der Waals surface area contributed by atoms with Gasteiger partial charge in [0.1, 0.15) is 24.2 Å². The van der Waals surface area contributed by atoms with Gasteiger partial charge in [0.05, 0.1) is 13.7 Å². The normalized spacial score (nSPS) is 12.0.